The molecule has 7 heteroatoms. The van der Waals surface area contributed by atoms with Gasteiger partial charge >= 0.3 is 0 Å². The van der Waals surface area contributed by atoms with Crippen LogP contribution in [0.25, 0.3) is 0 Å². The Morgan fingerprint density at radius 1 is 1.12 bits per heavy atom. The van der Waals surface area contributed by atoms with Crippen LogP contribution in [-0.4, -0.2) is 28.0 Å². The lowest BCUT2D eigenvalue weighted by molar-refractivity contribution is 0.171. The lowest BCUT2D eigenvalue weighted by Gasteiger charge is -2.25. The van der Waals surface area contributed by atoms with Gasteiger partial charge in [0, 0.05) is 16.3 Å². The average Bonchev–Trinajstić information content (AvgIpc) is 3.01. The lowest BCUT2D eigenvalue weighted by atomic mass is 9.95. The number of nitrogens with zero attached hydrogens (tertiary/aromatic N) is 3. The maximum absolute atomic E-state index is 5.71. The highest BCUT2D eigenvalue weighted by molar-refractivity contribution is 9.10. The first-order valence-corrected chi connectivity index (χ1v) is 10.6. The number of ether oxygens (including phenoxy) is 2. The molecule has 0 bridgehead atoms. The molecule has 0 saturated heterocycles. The molecule has 1 fully saturated rings. The van der Waals surface area contributed by atoms with E-state index < -0.39 is 0 Å². The van der Waals surface area contributed by atoms with Crippen molar-refractivity contribution in [3.8, 4) is 11.5 Å². The van der Waals surface area contributed by atoms with E-state index >= 15 is 0 Å². The second-order valence-corrected chi connectivity index (χ2v) is 8.36. The molecular weight excluding hydrogens is 402 g/mol. The van der Waals surface area contributed by atoms with Crippen LogP contribution in [0.3, 0.4) is 0 Å². The zero-order valence-corrected chi connectivity index (χ0v) is 16.7. The van der Waals surface area contributed by atoms with Crippen LogP contribution in [0.4, 0.5) is 0 Å². The second-order valence-electron chi connectivity index (χ2n) is 6.57. The zero-order chi connectivity index (χ0) is 17.2. The SMILES string of the molecule is Cc1nnc(SCc2cc3c(cc2Br)OCCO3)n1C1CCCCC1. The van der Waals surface area contributed by atoms with E-state index in [1.54, 1.807) is 11.8 Å². The van der Waals surface area contributed by atoms with E-state index in [1.165, 1.54) is 37.7 Å². The van der Waals surface area contributed by atoms with Gasteiger partial charge in [0.05, 0.1) is 0 Å². The summed E-state index contributed by atoms with van der Waals surface area (Å²) in [6.07, 6.45) is 6.44. The van der Waals surface area contributed by atoms with Crippen molar-refractivity contribution in [2.45, 2.75) is 56.0 Å². The average molecular weight is 424 g/mol. The first-order valence-electron chi connectivity index (χ1n) is 8.84. The summed E-state index contributed by atoms with van der Waals surface area (Å²) in [6.45, 7) is 3.28. The maximum atomic E-state index is 5.71. The largest absolute Gasteiger partial charge is 0.486 e. The third-order valence-electron chi connectivity index (χ3n) is 4.84. The molecule has 0 amide bonds. The summed E-state index contributed by atoms with van der Waals surface area (Å²) in [6, 6.07) is 4.62. The highest BCUT2D eigenvalue weighted by Crippen LogP contribution is 2.38. The number of thioether (sulfide) groups is 1. The summed E-state index contributed by atoms with van der Waals surface area (Å²) >= 11 is 5.40. The molecule has 25 heavy (non-hydrogen) atoms. The maximum Gasteiger partial charge on any atom is 0.191 e. The Kier molecular flexibility index (Phi) is 5.22. The predicted octanol–water partition coefficient (Wildman–Crippen LogP) is 4.92. The van der Waals surface area contributed by atoms with Crippen molar-refractivity contribution >= 4 is 27.7 Å². The Morgan fingerprint density at radius 3 is 2.60 bits per heavy atom. The topological polar surface area (TPSA) is 49.2 Å². The summed E-state index contributed by atoms with van der Waals surface area (Å²) in [4.78, 5) is 0. The molecule has 1 aliphatic carbocycles. The van der Waals surface area contributed by atoms with Crippen LogP contribution in [-0.2, 0) is 5.75 Å². The van der Waals surface area contributed by atoms with Crippen molar-refractivity contribution in [2.75, 3.05) is 13.2 Å². The summed E-state index contributed by atoms with van der Waals surface area (Å²) < 4.78 is 14.7. The van der Waals surface area contributed by atoms with Crippen molar-refractivity contribution in [1.82, 2.24) is 14.8 Å². The molecule has 1 aromatic heterocycles. The van der Waals surface area contributed by atoms with Crippen LogP contribution in [0.5, 0.6) is 11.5 Å². The Bertz CT molecular complexity index is 759. The Morgan fingerprint density at radius 2 is 1.84 bits per heavy atom. The minimum atomic E-state index is 0.551. The van der Waals surface area contributed by atoms with E-state index in [0.29, 0.717) is 19.3 Å². The molecular formula is C18H22BrN3O2S. The number of halogens is 1. The number of aryl methyl sites for hydroxylation is 1. The van der Waals surface area contributed by atoms with Gasteiger partial charge in [-0.3, -0.25) is 0 Å². The molecule has 134 valence electrons. The monoisotopic (exact) mass is 423 g/mol. The summed E-state index contributed by atoms with van der Waals surface area (Å²) in [7, 11) is 0. The first kappa shape index (κ1) is 17.2. The van der Waals surface area contributed by atoms with Gasteiger partial charge in [-0.2, -0.15) is 0 Å². The third-order valence-corrected chi connectivity index (χ3v) is 6.57. The molecule has 1 aliphatic heterocycles. The molecule has 2 aromatic rings. The standard InChI is InChI=1S/C18H22BrN3O2S/c1-12-20-21-18(22(12)14-5-3-2-4-6-14)25-11-13-9-16-17(10-15(13)19)24-8-7-23-16/h9-10,14H,2-8,11H2,1H3. The van der Waals surface area contributed by atoms with E-state index in [2.05, 4.69) is 43.7 Å². The highest BCUT2D eigenvalue weighted by Gasteiger charge is 2.22. The summed E-state index contributed by atoms with van der Waals surface area (Å²) in [5.74, 6) is 3.49. The lowest BCUT2D eigenvalue weighted by Crippen LogP contribution is -2.16. The Hall–Kier alpha value is -1.21. The van der Waals surface area contributed by atoms with Crippen molar-refractivity contribution in [2.24, 2.45) is 0 Å². The molecule has 5 nitrogen and oxygen atoms in total. The van der Waals surface area contributed by atoms with Crippen LogP contribution in [0, 0.1) is 6.92 Å². The van der Waals surface area contributed by atoms with Gasteiger partial charge < -0.3 is 14.0 Å². The van der Waals surface area contributed by atoms with Crippen LogP contribution in [0.2, 0.25) is 0 Å². The molecule has 2 aliphatic rings. The summed E-state index contributed by atoms with van der Waals surface area (Å²) in [5.41, 5.74) is 1.19. The van der Waals surface area contributed by atoms with Gasteiger partial charge in [-0.15, -0.1) is 10.2 Å². The van der Waals surface area contributed by atoms with Crippen molar-refractivity contribution < 1.29 is 9.47 Å². The fourth-order valence-electron chi connectivity index (χ4n) is 3.57. The molecule has 0 N–H and O–H groups in total. The number of hydrogen-bond acceptors (Lipinski definition) is 5. The Labute approximate surface area is 160 Å². The van der Waals surface area contributed by atoms with Crippen molar-refractivity contribution in [1.29, 1.82) is 0 Å². The number of aromatic nitrogens is 3. The zero-order valence-electron chi connectivity index (χ0n) is 14.3. The number of rotatable bonds is 4. The molecule has 4 rings (SSSR count). The van der Waals surface area contributed by atoms with Gasteiger partial charge in [-0.1, -0.05) is 47.0 Å². The third kappa shape index (κ3) is 3.67. The predicted molar refractivity (Wildman–Crippen MR) is 102 cm³/mol. The quantitative estimate of drug-likeness (QED) is 0.653. The number of hydrogen-bond donors (Lipinski definition) is 0. The Balaban J connectivity index is 1.52. The number of benzene rings is 1. The smallest absolute Gasteiger partial charge is 0.191 e. The molecule has 1 saturated carbocycles. The van der Waals surface area contributed by atoms with Gasteiger partial charge in [0.1, 0.15) is 19.0 Å². The van der Waals surface area contributed by atoms with Crippen LogP contribution < -0.4 is 9.47 Å². The highest BCUT2D eigenvalue weighted by atomic mass is 79.9. The van der Waals surface area contributed by atoms with Crippen LogP contribution >= 0.6 is 27.7 Å². The van der Waals surface area contributed by atoms with Gasteiger partial charge in [-0.05, 0) is 37.5 Å². The second kappa shape index (κ2) is 7.58. The molecule has 0 spiro atoms. The first-order chi connectivity index (χ1) is 12.2. The normalized spacial score (nSPS) is 17.7. The molecule has 1 aromatic carbocycles. The van der Waals surface area contributed by atoms with E-state index in [9.17, 15) is 0 Å². The minimum Gasteiger partial charge on any atom is -0.486 e. The van der Waals surface area contributed by atoms with Gasteiger partial charge in [-0.25, -0.2) is 0 Å². The fourth-order valence-corrected chi connectivity index (χ4v) is 5.26. The van der Waals surface area contributed by atoms with Crippen LogP contribution in [0.15, 0.2) is 21.8 Å². The molecule has 0 unspecified atom stereocenters. The minimum absolute atomic E-state index is 0.551. The van der Waals surface area contributed by atoms with E-state index in [-0.39, 0.29) is 0 Å². The molecule has 2 heterocycles. The molecule has 0 radical (unpaired) electrons. The fraction of sp³-hybridized carbons (Fsp3) is 0.556. The van der Waals surface area contributed by atoms with Gasteiger partial charge in [0.15, 0.2) is 16.7 Å². The van der Waals surface area contributed by atoms with Crippen LogP contribution in [0.1, 0.15) is 49.5 Å². The van der Waals surface area contributed by atoms with E-state index in [0.717, 1.165) is 32.7 Å². The molecule has 0 atom stereocenters. The van der Waals surface area contributed by atoms with Crippen molar-refractivity contribution in [3.05, 3.63) is 28.0 Å². The van der Waals surface area contributed by atoms with Crippen molar-refractivity contribution in [3.63, 3.8) is 0 Å². The van der Waals surface area contributed by atoms with Gasteiger partial charge in [0.2, 0.25) is 0 Å². The number of fused-ring (bicyclic) bond motifs is 1. The summed E-state index contributed by atoms with van der Waals surface area (Å²) in [5, 5.41) is 9.78. The van der Waals surface area contributed by atoms with E-state index in [1.807, 2.05) is 6.07 Å². The van der Waals surface area contributed by atoms with Gasteiger partial charge in [0.25, 0.3) is 0 Å². The van der Waals surface area contributed by atoms with E-state index in [4.69, 9.17) is 9.47 Å².